The molecule has 2 aromatic heterocycles. The first-order valence-electron chi connectivity index (χ1n) is 8.83. The Balaban J connectivity index is 1.61. The van der Waals surface area contributed by atoms with Gasteiger partial charge in [-0.1, -0.05) is 23.4 Å². The molecular weight excluding hydrogens is 374 g/mol. The van der Waals surface area contributed by atoms with Gasteiger partial charge in [-0.25, -0.2) is 0 Å². The van der Waals surface area contributed by atoms with Crippen molar-refractivity contribution >= 4 is 22.8 Å². The second-order valence-corrected chi connectivity index (χ2v) is 6.28. The number of hydrogen-bond donors (Lipinski definition) is 2. The largest absolute Gasteiger partial charge is 0.497 e. The Labute approximate surface area is 166 Å². The Hall–Kier alpha value is -3.94. The number of methoxy groups -OCH3 is 2. The van der Waals surface area contributed by atoms with Crippen molar-refractivity contribution in [1.82, 2.24) is 10.5 Å². The SMILES string of the molecule is COc1ccc(CNC(=O)c2c(-c3coc4ccccc34)noc2N)c(OC)c1. The predicted octanol–water partition coefficient (Wildman–Crippen LogP) is 3.62. The number of amides is 1. The molecular formula is C21H19N3O5. The fourth-order valence-corrected chi connectivity index (χ4v) is 3.13. The van der Waals surface area contributed by atoms with E-state index >= 15 is 0 Å². The van der Waals surface area contributed by atoms with Crippen LogP contribution in [0, 0.1) is 0 Å². The van der Waals surface area contributed by atoms with Crippen LogP contribution in [0.5, 0.6) is 11.5 Å². The van der Waals surface area contributed by atoms with E-state index in [0.29, 0.717) is 28.3 Å². The summed E-state index contributed by atoms with van der Waals surface area (Å²) < 4.78 is 21.2. The summed E-state index contributed by atoms with van der Waals surface area (Å²) in [7, 11) is 3.13. The number of carbonyl (C=O) groups is 1. The molecule has 4 aromatic rings. The molecule has 0 aliphatic carbocycles. The van der Waals surface area contributed by atoms with E-state index in [1.807, 2.05) is 30.3 Å². The molecule has 0 atom stereocenters. The lowest BCUT2D eigenvalue weighted by Gasteiger charge is -2.11. The zero-order chi connectivity index (χ0) is 20.4. The van der Waals surface area contributed by atoms with Gasteiger partial charge in [0.05, 0.1) is 19.8 Å². The first kappa shape index (κ1) is 18.4. The van der Waals surface area contributed by atoms with Crippen LogP contribution >= 0.6 is 0 Å². The summed E-state index contributed by atoms with van der Waals surface area (Å²) in [6.45, 7) is 0.224. The van der Waals surface area contributed by atoms with Crippen molar-refractivity contribution in [2.45, 2.75) is 6.54 Å². The lowest BCUT2D eigenvalue weighted by molar-refractivity contribution is 0.0952. The van der Waals surface area contributed by atoms with E-state index in [-0.39, 0.29) is 18.0 Å². The van der Waals surface area contributed by atoms with Crippen molar-refractivity contribution in [3.63, 3.8) is 0 Å². The number of fused-ring (bicyclic) bond motifs is 1. The molecule has 3 N–H and O–H groups in total. The maximum absolute atomic E-state index is 12.9. The highest BCUT2D eigenvalue weighted by atomic mass is 16.5. The van der Waals surface area contributed by atoms with Crippen LogP contribution in [0.25, 0.3) is 22.2 Å². The monoisotopic (exact) mass is 393 g/mol. The maximum Gasteiger partial charge on any atom is 0.259 e. The van der Waals surface area contributed by atoms with Gasteiger partial charge in [-0.15, -0.1) is 0 Å². The van der Waals surface area contributed by atoms with Crippen molar-refractivity contribution < 1.29 is 23.2 Å². The Morgan fingerprint density at radius 1 is 1.17 bits per heavy atom. The minimum Gasteiger partial charge on any atom is -0.497 e. The fourth-order valence-electron chi connectivity index (χ4n) is 3.13. The molecule has 0 radical (unpaired) electrons. The molecule has 8 heteroatoms. The molecule has 0 unspecified atom stereocenters. The summed E-state index contributed by atoms with van der Waals surface area (Å²) in [5.41, 5.74) is 8.47. The zero-order valence-corrected chi connectivity index (χ0v) is 15.9. The van der Waals surface area contributed by atoms with Crippen molar-refractivity contribution in [2.24, 2.45) is 0 Å². The van der Waals surface area contributed by atoms with Crippen LogP contribution < -0.4 is 20.5 Å². The maximum atomic E-state index is 12.9. The summed E-state index contributed by atoms with van der Waals surface area (Å²) in [5.74, 6) is 0.782. The van der Waals surface area contributed by atoms with Gasteiger partial charge in [0.1, 0.15) is 34.6 Å². The number of nitrogens with two attached hydrogens (primary N) is 1. The second kappa shape index (κ2) is 7.59. The normalized spacial score (nSPS) is 10.8. The lowest BCUT2D eigenvalue weighted by atomic mass is 10.1. The third-order valence-electron chi connectivity index (χ3n) is 4.62. The number of nitrogen functional groups attached to an aromatic ring is 1. The number of ether oxygens (including phenoxy) is 2. The number of para-hydroxylation sites is 1. The van der Waals surface area contributed by atoms with Gasteiger partial charge in [-0.3, -0.25) is 4.79 Å². The van der Waals surface area contributed by atoms with Crippen LogP contribution in [-0.2, 0) is 6.54 Å². The molecule has 1 amide bonds. The van der Waals surface area contributed by atoms with Crippen LogP contribution in [0.15, 0.2) is 57.7 Å². The van der Waals surface area contributed by atoms with E-state index in [9.17, 15) is 4.79 Å². The number of nitrogens with zero attached hydrogens (tertiary/aromatic N) is 1. The van der Waals surface area contributed by atoms with Crippen LogP contribution in [0.1, 0.15) is 15.9 Å². The van der Waals surface area contributed by atoms with E-state index in [1.165, 1.54) is 6.26 Å². The van der Waals surface area contributed by atoms with Crippen LogP contribution in [0.4, 0.5) is 5.88 Å². The Bertz CT molecular complexity index is 1180. The van der Waals surface area contributed by atoms with Crippen molar-refractivity contribution in [3.05, 3.63) is 59.9 Å². The van der Waals surface area contributed by atoms with Gasteiger partial charge in [-0.05, 0) is 18.2 Å². The molecule has 2 aromatic carbocycles. The van der Waals surface area contributed by atoms with Gasteiger partial charge in [0.2, 0.25) is 5.88 Å². The van der Waals surface area contributed by atoms with Crippen molar-refractivity contribution in [3.8, 4) is 22.8 Å². The zero-order valence-electron chi connectivity index (χ0n) is 15.9. The number of benzene rings is 2. The number of anilines is 1. The third-order valence-corrected chi connectivity index (χ3v) is 4.62. The second-order valence-electron chi connectivity index (χ2n) is 6.28. The molecule has 8 nitrogen and oxygen atoms in total. The number of rotatable bonds is 6. The van der Waals surface area contributed by atoms with E-state index in [1.54, 1.807) is 26.4 Å². The van der Waals surface area contributed by atoms with Gasteiger partial charge in [-0.2, -0.15) is 0 Å². The Kier molecular flexibility index (Phi) is 4.82. The molecule has 0 aliphatic rings. The highest BCUT2D eigenvalue weighted by Crippen LogP contribution is 2.34. The summed E-state index contributed by atoms with van der Waals surface area (Å²) in [6, 6.07) is 12.8. The van der Waals surface area contributed by atoms with E-state index in [4.69, 9.17) is 24.1 Å². The predicted molar refractivity (Wildman–Crippen MR) is 107 cm³/mol. The van der Waals surface area contributed by atoms with Gasteiger partial charge < -0.3 is 29.5 Å². The molecule has 0 saturated heterocycles. The quantitative estimate of drug-likeness (QED) is 0.514. The van der Waals surface area contributed by atoms with Crippen LogP contribution in [-0.4, -0.2) is 25.3 Å². The molecule has 0 spiro atoms. The molecule has 29 heavy (non-hydrogen) atoms. The lowest BCUT2D eigenvalue weighted by Crippen LogP contribution is -2.24. The number of carbonyl (C=O) groups excluding carboxylic acids is 1. The van der Waals surface area contributed by atoms with Gasteiger partial charge >= 0.3 is 0 Å². The van der Waals surface area contributed by atoms with Crippen LogP contribution in [0.2, 0.25) is 0 Å². The molecule has 0 saturated carbocycles. The van der Waals surface area contributed by atoms with Gasteiger partial charge in [0.15, 0.2) is 0 Å². The summed E-state index contributed by atoms with van der Waals surface area (Å²) in [5, 5.41) is 7.62. The first-order chi connectivity index (χ1) is 14.1. The average molecular weight is 393 g/mol. The molecule has 0 aliphatic heterocycles. The molecule has 0 fully saturated rings. The molecule has 2 heterocycles. The first-order valence-corrected chi connectivity index (χ1v) is 8.83. The smallest absolute Gasteiger partial charge is 0.259 e. The molecule has 0 bridgehead atoms. The van der Waals surface area contributed by atoms with Crippen molar-refractivity contribution in [1.29, 1.82) is 0 Å². The summed E-state index contributed by atoms with van der Waals surface area (Å²) >= 11 is 0. The van der Waals surface area contributed by atoms with E-state index < -0.39 is 5.91 Å². The molecule has 4 rings (SSSR count). The Morgan fingerprint density at radius 3 is 2.79 bits per heavy atom. The average Bonchev–Trinajstić information content (AvgIpc) is 3.35. The topological polar surface area (TPSA) is 113 Å². The number of nitrogens with one attached hydrogen (secondary N) is 1. The minimum atomic E-state index is -0.415. The highest BCUT2D eigenvalue weighted by molar-refractivity contribution is 6.06. The summed E-state index contributed by atoms with van der Waals surface area (Å²) in [6.07, 6.45) is 1.53. The Morgan fingerprint density at radius 2 is 2.00 bits per heavy atom. The number of aromatic nitrogens is 1. The summed E-state index contributed by atoms with van der Waals surface area (Å²) in [4.78, 5) is 12.9. The minimum absolute atomic E-state index is 0.0653. The highest BCUT2D eigenvalue weighted by Gasteiger charge is 2.25. The van der Waals surface area contributed by atoms with E-state index in [2.05, 4.69) is 10.5 Å². The standard InChI is InChI=1S/C21H19N3O5/c1-26-13-8-7-12(17(9-13)27-2)10-23-21(25)18-19(24-29-20(18)22)15-11-28-16-6-4-3-5-14(15)16/h3-9,11H,10,22H2,1-2H3,(H,23,25). The number of hydrogen-bond acceptors (Lipinski definition) is 7. The molecule has 148 valence electrons. The van der Waals surface area contributed by atoms with Gasteiger partial charge in [0, 0.05) is 23.6 Å². The van der Waals surface area contributed by atoms with Gasteiger partial charge in [0.25, 0.3) is 5.91 Å². The third kappa shape index (κ3) is 3.36. The van der Waals surface area contributed by atoms with E-state index in [0.717, 1.165) is 10.9 Å². The fraction of sp³-hybridized carbons (Fsp3) is 0.143. The number of furan rings is 1. The van der Waals surface area contributed by atoms with Crippen molar-refractivity contribution in [2.75, 3.05) is 20.0 Å². The van der Waals surface area contributed by atoms with Crippen LogP contribution in [0.3, 0.4) is 0 Å².